The largest absolute Gasteiger partial charge is 0.489 e. The highest BCUT2D eigenvalue weighted by molar-refractivity contribution is 6.12. The van der Waals surface area contributed by atoms with E-state index in [1.807, 2.05) is 0 Å². The summed E-state index contributed by atoms with van der Waals surface area (Å²) in [6.45, 7) is 0. The average Bonchev–Trinajstić information content (AvgIpc) is 3.28. The molecule has 0 radical (unpaired) electrons. The van der Waals surface area contributed by atoms with Crippen LogP contribution < -0.4 is 10.1 Å². The number of fused-ring (bicyclic) bond motifs is 3. The SMILES string of the molecule is CNC(=O)c1c(-c2ccc(F)cc2)oc2ccc3c(c12)CC(CC(=O)OC)O3. The first kappa shape index (κ1) is 18.0. The molecule has 1 aliphatic heterocycles. The van der Waals surface area contributed by atoms with Crippen LogP contribution in [0.2, 0.25) is 0 Å². The lowest BCUT2D eigenvalue weighted by atomic mass is 9.98. The maximum absolute atomic E-state index is 13.3. The van der Waals surface area contributed by atoms with Crippen LogP contribution in [0, 0.1) is 5.82 Å². The summed E-state index contributed by atoms with van der Waals surface area (Å²) >= 11 is 0. The lowest BCUT2D eigenvalue weighted by molar-refractivity contribution is -0.142. The Balaban J connectivity index is 1.86. The van der Waals surface area contributed by atoms with Gasteiger partial charge in [-0.15, -0.1) is 0 Å². The second-order valence-electron chi connectivity index (χ2n) is 6.53. The molecule has 0 fully saturated rings. The van der Waals surface area contributed by atoms with E-state index >= 15 is 0 Å². The Morgan fingerprint density at radius 1 is 1.21 bits per heavy atom. The number of halogens is 1. The number of carbonyl (C=O) groups excluding carboxylic acids is 2. The van der Waals surface area contributed by atoms with E-state index < -0.39 is 0 Å². The first-order chi connectivity index (χ1) is 13.5. The number of methoxy groups -OCH3 is 1. The Hall–Kier alpha value is -3.35. The molecule has 3 aromatic rings. The van der Waals surface area contributed by atoms with Crippen molar-refractivity contribution in [3.63, 3.8) is 0 Å². The standard InChI is InChI=1S/C21H18FNO5/c1-23-21(25)19-18-14-9-13(10-17(24)26-2)27-15(14)7-8-16(18)28-20(19)11-3-5-12(22)6-4-11/h3-8,13H,9-10H2,1-2H3,(H,23,25). The molecule has 0 bridgehead atoms. The number of furan rings is 1. The van der Waals surface area contributed by atoms with Crippen molar-refractivity contribution >= 4 is 22.8 Å². The number of benzene rings is 2. The number of carbonyl (C=O) groups is 2. The zero-order chi connectivity index (χ0) is 19.8. The van der Waals surface area contributed by atoms with Gasteiger partial charge in [0.25, 0.3) is 5.91 Å². The van der Waals surface area contributed by atoms with Gasteiger partial charge < -0.3 is 19.2 Å². The molecule has 1 amide bonds. The van der Waals surface area contributed by atoms with E-state index in [9.17, 15) is 14.0 Å². The third-order valence-corrected chi connectivity index (χ3v) is 4.83. The Morgan fingerprint density at radius 2 is 1.96 bits per heavy atom. The molecule has 0 saturated carbocycles. The minimum atomic E-state index is -0.374. The van der Waals surface area contributed by atoms with Gasteiger partial charge in [-0.1, -0.05) is 0 Å². The molecule has 1 N–H and O–H groups in total. The van der Waals surface area contributed by atoms with Crippen LogP contribution in [0.4, 0.5) is 4.39 Å². The summed E-state index contributed by atoms with van der Waals surface area (Å²) in [5.74, 6) is -0.0823. The van der Waals surface area contributed by atoms with Crippen molar-refractivity contribution in [2.75, 3.05) is 14.2 Å². The molecule has 0 saturated heterocycles. The summed E-state index contributed by atoms with van der Waals surface area (Å²) in [6, 6.07) is 9.26. The van der Waals surface area contributed by atoms with Crippen molar-refractivity contribution in [3.05, 3.63) is 53.3 Å². The van der Waals surface area contributed by atoms with Gasteiger partial charge in [-0.05, 0) is 36.4 Å². The predicted molar refractivity (Wildman–Crippen MR) is 99.8 cm³/mol. The number of ether oxygens (including phenoxy) is 2. The van der Waals surface area contributed by atoms with Gasteiger partial charge in [0.1, 0.15) is 29.0 Å². The van der Waals surface area contributed by atoms with E-state index in [1.54, 1.807) is 24.3 Å². The van der Waals surface area contributed by atoms with E-state index in [-0.39, 0.29) is 30.2 Å². The van der Waals surface area contributed by atoms with Gasteiger partial charge in [0.05, 0.1) is 19.1 Å². The van der Waals surface area contributed by atoms with Gasteiger partial charge in [-0.3, -0.25) is 9.59 Å². The normalized spacial score (nSPS) is 15.2. The summed E-state index contributed by atoms with van der Waals surface area (Å²) in [4.78, 5) is 24.3. The Kier molecular flexibility index (Phi) is 4.50. The summed E-state index contributed by atoms with van der Waals surface area (Å²) in [5, 5.41) is 3.28. The Morgan fingerprint density at radius 3 is 2.64 bits per heavy atom. The van der Waals surface area contributed by atoms with Gasteiger partial charge in [0.2, 0.25) is 0 Å². The second-order valence-corrected chi connectivity index (χ2v) is 6.53. The van der Waals surface area contributed by atoms with Crippen LogP contribution in [-0.4, -0.2) is 32.1 Å². The number of hydrogen-bond donors (Lipinski definition) is 1. The molecule has 1 unspecified atom stereocenters. The van der Waals surface area contributed by atoms with Gasteiger partial charge >= 0.3 is 5.97 Å². The third-order valence-electron chi connectivity index (χ3n) is 4.83. The lowest BCUT2D eigenvalue weighted by Crippen LogP contribution is -2.19. The van der Waals surface area contributed by atoms with Crippen LogP contribution in [0.5, 0.6) is 5.75 Å². The molecule has 4 rings (SSSR count). The third kappa shape index (κ3) is 2.98. The molecule has 1 aromatic heterocycles. The fourth-order valence-electron chi connectivity index (χ4n) is 3.53. The van der Waals surface area contributed by atoms with Gasteiger partial charge in [0, 0.05) is 30.0 Å². The van der Waals surface area contributed by atoms with E-state index in [0.29, 0.717) is 40.0 Å². The summed E-state index contributed by atoms with van der Waals surface area (Å²) in [5.41, 5.74) is 2.29. The molecular formula is C21H18FNO5. The zero-order valence-corrected chi connectivity index (χ0v) is 15.4. The van der Waals surface area contributed by atoms with Crippen LogP contribution in [-0.2, 0) is 16.0 Å². The molecule has 2 heterocycles. The zero-order valence-electron chi connectivity index (χ0n) is 15.4. The van der Waals surface area contributed by atoms with Crippen molar-refractivity contribution in [2.24, 2.45) is 0 Å². The van der Waals surface area contributed by atoms with E-state index in [4.69, 9.17) is 13.9 Å². The van der Waals surface area contributed by atoms with Crippen molar-refractivity contribution in [1.29, 1.82) is 0 Å². The van der Waals surface area contributed by atoms with Crippen molar-refractivity contribution in [2.45, 2.75) is 18.9 Å². The van der Waals surface area contributed by atoms with Crippen molar-refractivity contribution < 1.29 is 27.9 Å². The molecule has 28 heavy (non-hydrogen) atoms. The maximum Gasteiger partial charge on any atom is 0.309 e. The van der Waals surface area contributed by atoms with Crippen LogP contribution in [0.25, 0.3) is 22.3 Å². The Labute approximate surface area is 160 Å². The fraction of sp³-hybridized carbons (Fsp3) is 0.238. The van der Waals surface area contributed by atoms with Crippen LogP contribution in [0.1, 0.15) is 22.3 Å². The quantitative estimate of drug-likeness (QED) is 0.698. The second kappa shape index (κ2) is 6.99. The average molecular weight is 383 g/mol. The van der Waals surface area contributed by atoms with Crippen LogP contribution in [0.3, 0.4) is 0 Å². The highest BCUT2D eigenvalue weighted by Crippen LogP contribution is 2.42. The lowest BCUT2D eigenvalue weighted by Gasteiger charge is -2.08. The number of rotatable bonds is 4. The minimum absolute atomic E-state index is 0.116. The van der Waals surface area contributed by atoms with E-state index in [1.165, 1.54) is 26.3 Å². The van der Waals surface area contributed by atoms with Crippen LogP contribution >= 0.6 is 0 Å². The molecule has 0 aliphatic carbocycles. The highest BCUT2D eigenvalue weighted by atomic mass is 19.1. The molecule has 0 spiro atoms. The number of esters is 1. The van der Waals surface area contributed by atoms with E-state index in [0.717, 1.165) is 5.56 Å². The molecule has 1 atom stereocenters. The molecular weight excluding hydrogens is 365 g/mol. The first-order valence-corrected chi connectivity index (χ1v) is 8.81. The Bertz CT molecular complexity index is 1070. The van der Waals surface area contributed by atoms with Crippen molar-refractivity contribution in [3.8, 4) is 17.1 Å². The van der Waals surface area contributed by atoms with Crippen LogP contribution in [0.15, 0.2) is 40.8 Å². The molecule has 7 heteroatoms. The summed E-state index contributed by atoms with van der Waals surface area (Å²) in [7, 11) is 2.87. The minimum Gasteiger partial charge on any atom is -0.489 e. The molecule has 1 aliphatic rings. The fourth-order valence-corrected chi connectivity index (χ4v) is 3.53. The topological polar surface area (TPSA) is 77.8 Å². The summed E-state index contributed by atoms with van der Waals surface area (Å²) < 4.78 is 29.9. The molecule has 6 nitrogen and oxygen atoms in total. The van der Waals surface area contributed by atoms with Gasteiger partial charge in [-0.25, -0.2) is 4.39 Å². The molecule has 2 aromatic carbocycles. The highest BCUT2D eigenvalue weighted by Gasteiger charge is 2.32. The smallest absolute Gasteiger partial charge is 0.309 e. The van der Waals surface area contributed by atoms with Gasteiger partial charge in [0.15, 0.2) is 0 Å². The monoisotopic (exact) mass is 383 g/mol. The number of amides is 1. The summed E-state index contributed by atoms with van der Waals surface area (Å²) in [6.07, 6.45) is 0.202. The van der Waals surface area contributed by atoms with Gasteiger partial charge in [-0.2, -0.15) is 0 Å². The number of nitrogens with one attached hydrogen (secondary N) is 1. The molecule has 144 valence electrons. The first-order valence-electron chi connectivity index (χ1n) is 8.81. The maximum atomic E-state index is 13.3. The predicted octanol–water partition coefficient (Wildman–Crippen LogP) is 3.47. The number of hydrogen-bond acceptors (Lipinski definition) is 5. The van der Waals surface area contributed by atoms with Crippen molar-refractivity contribution in [1.82, 2.24) is 5.32 Å². The van der Waals surface area contributed by atoms with E-state index in [2.05, 4.69) is 5.32 Å².